The van der Waals surface area contributed by atoms with Gasteiger partial charge >= 0.3 is 0 Å². The van der Waals surface area contributed by atoms with E-state index in [9.17, 15) is 5.11 Å². The van der Waals surface area contributed by atoms with Gasteiger partial charge in [-0.25, -0.2) is 0 Å². The lowest BCUT2D eigenvalue weighted by molar-refractivity contribution is -0.237. The Bertz CT molecular complexity index is 527. The van der Waals surface area contributed by atoms with Gasteiger partial charge in [-0.05, 0) is 40.0 Å². The largest absolute Gasteiger partial charge is 0.395 e. The third-order valence-electron chi connectivity index (χ3n) is 6.16. The van der Waals surface area contributed by atoms with Crippen LogP contribution in [0.4, 0.5) is 0 Å². The van der Waals surface area contributed by atoms with Gasteiger partial charge in [-0.15, -0.1) is 0 Å². The fraction of sp³-hybridized carbons (Fsp3) is 1.00. The second kappa shape index (κ2) is 9.47. The second-order valence-electron chi connectivity index (χ2n) is 9.61. The average Bonchev–Trinajstić information content (AvgIpc) is 3.13. The van der Waals surface area contributed by atoms with Crippen molar-refractivity contribution in [2.75, 3.05) is 26.2 Å². The third kappa shape index (κ3) is 5.70. The molecule has 6 atom stereocenters. The van der Waals surface area contributed by atoms with Gasteiger partial charge < -0.3 is 28.8 Å². The predicted molar refractivity (Wildman–Crippen MR) is 109 cm³/mol. The van der Waals surface area contributed by atoms with Crippen LogP contribution in [0.25, 0.3) is 0 Å². The van der Waals surface area contributed by atoms with Crippen LogP contribution >= 0.6 is 0 Å². The molecule has 29 heavy (non-hydrogen) atoms. The lowest BCUT2D eigenvalue weighted by Gasteiger charge is -2.40. The van der Waals surface area contributed by atoms with Crippen LogP contribution in [-0.4, -0.2) is 78.5 Å². The molecule has 0 bridgehead atoms. The van der Waals surface area contributed by atoms with Crippen molar-refractivity contribution in [3.05, 3.63) is 0 Å². The molecule has 170 valence electrons. The molecule has 0 aromatic heterocycles. The van der Waals surface area contributed by atoms with E-state index < -0.39 is 17.9 Å². The van der Waals surface area contributed by atoms with Crippen molar-refractivity contribution in [3.8, 4) is 0 Å². The van der Waals surface area contributed by atoms with Crippen molar-refractivity contribution >= 4 is 0 Å². The van der Waals surface area contributed by atoms with E-state index in [1.165, 1.54) is 19.3 Å². The Kier molecular flexibility index (Phi) is 7.63. The Balaban J connectivity index is 1.71. The van der Waals surface area contributed by atoms with Crippen LogP contribution in [0.1, 0.15) is 67.2 Å². The molecule has 7 heteroatoms. The molecule has 0 saturated carbocycles. The van der Waals surface area contributed by atoms with E-state index in [0.29, 0.717) is 19.0 Å². The monoisotopic (exact) mass is 415 g/mol. The summed E-state index contributed by atoms with van der Waals surface area (Å²) >= 11 is 0. The van der Waals surface area contributed by atoms with Gasteiger partial charge in [-0.2, -0.15) is 0 Å². The van der Waals surface area contributed by atoms with Crippen molar-refractivity contribution in [2.45, 2.75) is 110 Å². The van der Waals surface area contributed by atoms with Gasteiger partial charge in [-0.1, -0.05) is 33.1 Å². The SMILES string of the molecule is CCCCC(CC)CN(CCO)C[C@@H]1O[C@@H]2OC(C)(C)O[C@@H]2[C@H]2OC(C)(C)O[C@H]21. The van der Waals surface area contributed by atoms with Gasteiger partial charge in [0.05, 0.1) is 6.61 Å². The Morgan fingerprint density at radius 3 is 2.24 bits per heavy atom. The quantitative estimate of drug-likeness (QED) is 0.588. The smallest absolute Gasteiger partial charge is 0.190 e. The molecule has 0 aliphatic carbocycles. The van der Waals surface area contributed by atoms with Crippen LogP contribution in [0, 0.1) is 5.92 Å². The van der Waals surface area contributed by atoms with Crippen LogP contribution in [0.3, 0.4) is 0 Å². The topological polar surface area (TPSA) is 69.6 Å². The van der Waals surface area contributed by atoms with Crippen molar-refractivity contribution < 1.29 is 28.8 Å². The van der Waals surface area contributed by atoms with Gasteiger partial charge in [-0.3, -0.25) is 4.90 Å². The molecule has 0 amide bonds. The zero-order valence-electron chi connectivity index (χ0n) is 19.1. The first-order valence-electron chi connectivity index (χ1n) is 11.4. The van der Waals surface area contributed by atoms with Gasteiger partial charge in [0, 0.05) is 19.6 Å². The van der Waals surface area contributed by atoms with Crippen LogP contribution in [0.5, 0.6) is 0 Å². The Labute approximate surface area is 176 Å². The first kappa shape index (κ1) is 23.4. The van der Waals surface area contributed by atoms with Gasteiger partial charge in [0.1, 0.15) is 24.4 Å². The molecule has 3 saturated heterocycles. The van der Waals surface area contributed by atoms with E-state index in [2.05, 4.69) is 18.7 Å². The summed E-state index contributed by atoms with van der Waals surface area (Å²) in [6, 6.07) is 0. The summed E-state index contributed by atoms with van der Waals surface area (Å²) in [5.74, 6) is -0.768. The van der Waals surface area contributed by atoms with Crippen LogP contribution < -0.4 is 0 Å². The maximum Gasteiger partial charge on any atom is 0.190 e. The number of aliphatic hydroxyl groups excluding tert-OH is 1. The molecule has 0 aromatic rings. The maximum absolute atomic E-state index is 9.63. The second-order valence-corrected chi connectivity index (χ2v) is 9.61. The highest BCUT2D eigenvalue weighted by Gasteiger charge is 2.60. The molecule has 3 aliphatic rings. The Morgan fingerprint density at radius 2 is 1.59 bits per heavy atom. The maximum atomic E-state index is 9.63. The molecule has 3 aliphatic heterocycles. The highest BCUT2D eigenvalue weighted by molar-refractivity contribution is 5.00. The van der Waals surface area contributed by atoms with E-state index in [1.807, 2.05) is 27.7 Å². The fourth-order valence-corrected chi connectivity index (χ4v) is 4.78. The minimum Gasteiger partial charge on any atom is -0.395 e. The zero-order valence-corrected chi connectivity index (χ0v) is 19.1. The normalized spacial score (nSPS) is 36.2. The molecule has 0 radical (unpaired) electrons. The molecule has 7 nitrogen and oxygen atoms in total. The zero-order chi connectivity index (χ0) is 21.2. The highest BCUT2D eigenvalue weighted by Crippen LogP contribution is 2.44. The van der Waals surface area contributed by atoms with Gasteiger partial charge in [0.15, 0.2) is 17.9 Å². The Hall–Kier alpha value is -0.280. The number of aliphatic hydroxyl groups is 1. The van der Waals surface area contributed by atoms with Crippen LogP contribution in [0.2, 0.25) is 0 Å². The molecular formula is C22H41NO6. The summed E-state index contributed by atoms with van der Waals surface area (Å²) in [4.78, 5) is 2.31. The van der Waals surface area contributed by atoms with Gasteiger partial charge in [0.25, 0.3) is 0 Å². The van der Waals surface area contributed by atoms with Crippen LogP contribution in [-0.2, 0) is 23.7 Å². The van der Waals surface area contributed by atoms with Crippen molar-refractivity contribution in [3.63, 3.8) is 0 Å². The minimum atomic E-state index is -0.705. The Morgan fingerprint density at radius 1 is 0.931 bits per heavy atom. The predicted octanol–water partition coefficient (Wildman–Crippen LogP) is 2.89. The lowest BCUT2D eigenvalue weighted by Crippen LogP contribution is -2.58. The summed E-state index contributed by atoms with van der Waals surface area (Å²) < 4.78 is 30.9. The summed E-state index contributed by atoms with van der Waals surface area (Å²) in [6.07, 6.45) is 3.40. The number of nitrogens with zero attached hydrogens (tertiary/aromatic N) is 1. The lowest BCUT2D eigenvalue weighted by atomic mass is 9.96. The van der Waals surface area contributed by atoms with E-state index >= 15 is 0 Å². The highest BCUT2D eigenvalue weighted by atomic mass is 16.9. The van der Waals surface area contributed by atoms with E-state index in [0.717, 1.165) is 13.0 Å². The molecule has 1 N–H and O–H groups in total. The fourth-order valence-electron chi connectivity index (χ4n) is 4.78. The molecule has 3 rings (SSSR count). The standard InChI is InChI=1S/C22H41NO6/c1-7-9-10-15(8-2)13-23(11-12-24)14-16-17-18(27-21(3,4)26-17)19-20(25-16)29-22(5,6)28-19/h15-20,24H,7-14H2,1-6H3/t15?,16-,17-,18-,19+,20+/m0/s1. The van der Waals surface area contributed by atoms with Crippen molar-refractivity contribution in [1.82, 2.24) is 4.90 Å². The number of rotatable bonds is 10. The number of hydrogen-bond acceptors (Lipinski definition) is 7. The summed E-state index contributed by atoms with van der Waals surface area (Å²) in [6.45, 7) is 14.5. The summed E-state index contributed by atoms with van der Waals surface area (Å²) in [5.41, 5.74) is 0. The van der Waals surface area contributed by atoms with Crippen molar-refractivity contribution in [2.24, 2.45) is 5.92 Å². The molecule has 3 fully saturated rings. The first-order chi connectivity index (χ1) is 13.7. The van der Waals surface area contributed by atoms with E-state index in [4.69, 9.17) is 23.7 Å². The average molecular weight is 416 g/mol. The molecule has 3 heterocycles. The number of fused-ring (bicyclic) bond motifs is 3. The van der Waals surface area contributed by atoms with E-state index in [1.54, 1.807) is 0 Å². The van der Waals surface area contributed by atoms with E-state index in [-0.39, 0.29) is 31.0 Å². The summed E-state index contributed by atoms with van der Waals surface area (Å²) in [5, 5.41) is 9.63. The molecule has 1 unspecified atom stereocenters. The summed E-state index contributed by atoms with van der Waals surface area (Å²) in [7, 11) is 0. The van der Waals surface area contributed by atoms with Gasteiger partial charge in [0.2, 0.25) is 0 Å². The molecular weight excluding hydrogens is 374 g/mol. The third-order valence-corrected chi connectivity index (χ3v) is 6.16. The minimum absolute atomic E-state index is 0.132. The molecule has 0 spiro atoms. The first-order valence-corrected chi connectivity index (χ1v) is 11.4. The van der Waals surface area contributed by atoms with Crippen LogP contribution in [0.15, 0.2) is 0 Å². The number of ether oxygens (including phenoxy) is 5. The van der Waals surface area contributed by atoms with Crippen molar-refractivity contribution in [1.29, 1.82) is 0 Å². The number of unbranched alkanes of at least 4 members (excludes halogenated alkanes) is 1. The number of hydrogen-bond donors (Lipinski definition) is 1. The molecule has 0 aromatic carbocycles.